The van der Waals surface area contributed by atoms with Gasteiger partial charge in [-0.1, -0.05) is 18.2 Å². The summed E-state index contributed by atoms with van der Waals surface area (Å²) in [5.74, 6) is 0.432. The van der Waals surface area contributed by atoms with Crippen LogP contribution in [0.15, 0.2) is 78.9 Å². The van der Waals surface area contributed by atoms with Crippen LogP contribution in [0.25, 0.3) is 22.2 Å². The Morgan fingerprint density at radius 3 is 2.24 bits per heavy atom. The second-order valence-electron chi connectivity index (χ2n) is 7.45. The summed E-state index contributed by atoms with van der Waals surface area (Å²) in [4.78, 5) is 20.0. The number of nitrogens with zero attached hydrogens (tertiary/aromatic N) is 2. The molecule has 0 aliphatic rings. The van der Waals surface area contributed by atoms with Crippen LogP contribution in [0.5, 0.6) is 0 Å². The van der Waals surface area contributed by atoms with E-state index in [2.05, 4.69) is 15.2 Å². The number of benzene rings is 3. The van der Waals surface area contributed by atoms with Gasteiger partial charge in [-0.05, 0) is 60.7 Å². The number of halogens is 3. The second-order valence-corrected chi connectivity index (χ2v) is 8.20. The van der Waals surface area contributed by atoms with Gasteiger partial charge < -0.3 is 10.2 Å². The Balaban J connectivity index is 1.63. The SMILES string of the molecule is O=C(Nc1ccc(N(CCCl)CCCl)cc1)c1cc(-c2ccc(F)cc2)nc2ccccc12. The van der Waals surface area contributed by atoms with Crippen LogP contribution in [0.1, 0.15) is 10.4 Å². The van der Waals surface area contributed by atoms with E-state index in [1.807, 2.05) is 48.5 Å². The lowest BCUT2D eigenvalue weighted by Gasteiger charge is -2.23. The number of hydrogen-bond donors (Lipinski definition) is 1. The fourth-order valence-electron chi connectivity index (χ4n) is 3.66. The first kappa shape index (κ1) is 23.0. The van der Waals surface area contributed by atoms with E-state index >= 15 is 0 Å². The number of hydrogen-bond acceptors (Lipinski definition) is 3. The van der Waals surface area contributed by atoms with Crippen LogP contribution in [-0.2, 0) is 0 Å². The van der Waals surface area contributed by atoms with Crippen LogP contribution < -0.4 is 10.2 Å². The molecule has 1 heterocycles. The summed E-state index contributed by atoms with van der Waals surface area (Å²) in [5.41, 5.74) is 4.19. The Labute approximate surface area is 202 Å². The first-order valence-electron chi connectivity index (χ1n) is 10.5. The van der Waals surface area contributed by atoms with Gasteiger partial charge in [-0.15, -0.1) is 23.2 Å². The Morgan fingerprint density at radius 1 is 0.909 bits per heavy atom. The molecule has 0 bridgehead atoms. The van der Waals surface area contributed by atoms with Gasteiger partial charge in [0, 0.05) is 47.2 Å². The number of aromatic nitrogens is 1. The third-order valence-electron chi connectivity index (χ3n) is 5.30. The van der Waals surface area contributed by atoms with Gasteiger partial charge in [0.15, 0.2) is 0 Å². The van der Waals surface area contributed by atoms with Gasteiger partial charge >= 0.3 is 0 Å². The third kappa shape index (κ3) is 5.44. The van der Waals surface area contributed by atoms with E-state index < -0.39 is 0 Å². The summed E-state index contributed by atoms with van der Waals surface area (Å²) in [6.07, 6.45) is 0. The Hall–Kier alpha value is -3.15. The minimum atomic E-state index is -0.323. The molecular weight excluding hydrogens is 460 g/mol. The smallest absolute Gasteiger partial charge is 0.256 e. The fraction of sp³-hybridized carbons (Fsp3) is 0.154. The number of fused-ring (bicyclic) bond motifs is 1. The molecule has 1 aromatic heterocycles. The van der Waals surface area contributed by atoms with Gasteiger partial charge in [-0.2, -0.15) is 0 Å². The van der Waals surface area contributed by atoms with E-state index in [-0.39, 0.29) is 11.7 Å². The lowest BCUT2D eigenvalue weighted by molar-refractivity contribution is 0.102. The molecule has 0 radical (unpaired) electrons. The quantitative estimate of drug-likeness (QED) is 0.289. The summed E-state index contributed by atoms with van der Waals surface area (Å²) in [5, 5.41) is 3.71. The van der Waals surface area contributed by atoms with Crippen LogP contribution in [0.2, 0.25) is 0 Å². The standard InChI is InChI=1S/C26H22Cl2FN3O/c27-13-15-32(16-14-28)21-11-9-20(10-12-21)30-26(33)23-17-25(18-5-7-19(29)8-6-18)31-24-4-2-1-3-22(23)24/h1-12,17H,13-16H2,(H,30,33). The monoisotopic (exact) mass is 481 g/mol. The third-order valence-corrected chi connectivity index (χ3v) is 5.64. The van der Waals surface area contributed by atoms with E-state index in [1.54, 1.807) is 18.2 Å². The van der Waals surface area contributed by atoms with E-state index in [4.69, 9.17) is 23.2 Å². The van der Waals surface area contributed by atoms with Crippen LogP contribution in [-0.4, -0.2) is 35.7 Å². The van der Waals surface area contributed by atoms with Crippen LogP contribution in [0, 0.1) is 5.82 Å². The molecule has 0 fully saturated rings. The first-order valence-corrected chi connectivity index (χ1v) is 11.6. The zero-order valence-corrected chi connectivity index (χ0v) is 19.3. The van der Waals surface area contributed by atoms with Gasteiger partial charge in [0.2, 0.25) is 0 Å². The van der Waals surface area contributed by atoms with Crippen molar-refractivity contribution in [2.75, 3.05) is 35.1 Å². The predicted octanol–water partition coefficient (Wildman–Crippen LogP) is 6.58. The van der Waals surface area contributed by atoms with E-state index in [0.717, 1.165) is 16.6 Å². The van der Waals surface area contributed by atoms with Crippen LogP contribution >= 0.6 is 23.2 Å². The van der Waals surface area contributed by atoms with Crippen molar-refractivity contribution < 1.29 is 9.18 Å². The molecule has 0 aliphatic carbocycles. The van der Waals surface area contributed by atoms with Crippen molar-refractivity contribution >= 4 is 51.4 Å². The Bertz CT molecular complexity index is 1240. The molecule has 3 aromatic carbocycles. The Morgan fingerprint density at radius 2 is 1.58 bits per heavy atom. The number of carbonyl (C=O) groups is 1. The summed E-state index contributed by atoms with van der Waals surface area (Å²) >= 11 is 11.8. The molecule has 0 aliphatic heterocycles. The topological polar surface area (TPSA) is 45.2 Å². The second kappa shape index (κ2) is 10.6. The molecule has 1 amide bonds. The van der Waals surface area contributed by atoms with Gasteiger partial charge in [0.05, 0.1) is 16.8 Å². The maximum atomic E-state index is 13.4. The van der Waals surface area contributed by atoms with Gasteiger partial charge in [-0.25, -0.2) is 9.37 Å². The van der Waals surface area contributed by atoms with Crippen molar-refractivity contribution in [3.63, 3.8) is 0 Å². The highest BCUT2D eigenvalue weighted by atomic mass is 35.5. The van der Waals surface area contributed by atoms with Gasteiger partial charge in [0.25, 0.3) is 5.91 Å². The van der Waals surface area contributed by atoms with Crippen molar-refractivity contribution in [1.82, 2.24) is 4.98 Å². The van der Waals surface area contributed by atoms with E-state index in [1.165, 1.54) is 12.1 Å². The van der Waals surface area contributed by atoms with E-state index in [0.29, 0.717) is 47.3 Å². The van der Waals surface area contributed by atoms with Gasteiger partial charge in [-0.3, -0.25) is 4.79 Å². The number of anilines is 2. The minimum Gasteiger partial charge on any atom is -0.369 e. The lowest BCUT2D eigenvalue weighted by Crippen LogP contribution is -2.27. The molecule has 168 valence electrons. The molecule has 0 saturated heterocycles. The molecule has 4 aromatic rings. The normalized spacial score (nSPS) is 10.9. The molecule has 0 atom stereocenters. The van der Waals surface area contributed by atoms with E-state index in [9.17, 15) is 9.18 Å². The highest BCUT2D eigenvalue weighted by Gasteiger charge is 2.15. The number of rotatable bonds is 8. The minimum absolute atomic E-state index is 0.247. The van der Waals surface area contributed by atoms with Crippen molar-refractivity contribution in [2.45, 2.75) is 0 Å². The number of para-hydroxylation sites is 1. The molecule has 4 nitrogen and oxygen atoms in total. The zero-order chi connectivity index (χ0) is 23.2. The molecule has 0 unspecified atom stereocenters. The van der Waals surface area contributed by atoms with Crippen molar-refractivity contribution in [1.29, 1.82) is 0 Å². The predicted molar refractivity (Wildman–Crippen MR) is 135 cm³/mol. The molecule has 4 rings (SSSR count). The maximum absolute atomic E-state index is 13.4. The van der Waals surface area contributed by atoms with Crippen LogP contribution in [0.4, 0.5) is 15.8 Å². The Kier molecular flexibility index (Phi) is 7.43. The highest BCUT2D eigenvalue weighted by molar-refractivity contribution is 6.18. The average Bonchev–Trinajstić information content (AvgIpc) is 2.84. The number of alkyl halides is 2. The average molecular weight is 482 g/mol. The lowest BCUT2D eigenvalue weighted by atomic mass is 10.0. The van der Waals surface area contributed by atoms with Crippen molar-refractivity contribution in [3.05, 3.63) is 90.2 Å². The molecule has 33 heavy (non-hydrogen) atoms. The van der Waals surface area contributed by atoms with Gasteiger partial charge in [0.1, 0.15) is 5.82 Å². The molecule has 1 N–H and O–H groups in total. The maximum Gasteiger partial charge on any atom is 0.256 e. The molecule has 7 heteroatoms. The van der Waals surface area contributed by atoms with Crippen LogP contribution in [0.3, 0.4) is 0 Å². The number of nitrogens with one attached hydrogen (secondary N) is 1. The molecular formula is C26H22Cl2FN3O. The number of carbonyl (C=O) groups excluding carboxylic acids is 1. The highest BCUT2D eigenvalue weighted by Crippen LogP contribution is 2.26. The van der Waals surface area contributed by atoms with Crippen molar-refractivity contribution in [2.24, 2.45) is 0 Å². The molecule has 0 saturated carbocycles. The number of amides is 1. The summed E-state index contributed by atoms with van der Waals surface area (Å²) < 4.78 is 13.4. The molecule has 0 spiro atoms. The largest absolute Gasteiger partial charge is 0.369 e. The van der Waals surface area contributed by atoms with Crippen molar-refractivity contribution in [3.8, 4) is 11.3 Å². The fourth-order valence-corrected chi connectivity index (χ4v) is 4.07. The summed E-state index contributed by atoms with van der Waals surface area (Å²) in [6, 6.07) is 22.8. The first-order chi connectivity index (χ1) is 16.1. The summed E-state index contributed by atoms with van der Waals surface area (Å²) in [6.45, 7) is 1.38. The summed E-state index contributed by atoms with van der Waals surface area (Å²) in [7, 11) is 0. The zero-order valence-electron chi connectivity index (χ0n) is 17.8. The number of pyridine rings is 1.